The molecule has 2 aliphatic heterocycles. The van der Waals surface area contributed by atoms with Gasteiger partial charge in [-0.25, -0.2) is 4.79 Å². The number of aliphatic hydroxyl groups is 1. The number of benzene rings is 1. The van der Waals surface area contributed by atoms with E-state index in [0.29, 0.717) is 31.7 Å². The summed E-state index contributed by atoms with van der Waals surface area (Å²) in [5.74, 6) is -0.563. The van der Waals surface area contributed by atoms with Gasteiger partial charge in [0.25, 0.3) is 11.8 Å². The predicted octanol–water partition coefficient (Wildman–Crippen LogP) is 0.619. The van der Waals surface area contributed by atoms with Crippen molar-refractivity contribution >= 4 is 17.9 Å². The zero-order valence-electron chi connectivity index (χ0n) is 18.3. The molecule has 4 rings (SSSR count). The summed E-state index contributed by atoms with van der Waals surface area (Å²) < 4.78 is 10.2. The fourth-order valence-corrected chi connectivity index (χ4v) is 4.90. The lowest BCUT2D eigenvalue weighted by Gasteiger charge is -2.56. The minimum atomic E-state index is -1.49. The molecule has 1 spiro atoms. The third-order valence-corrected chi connectivity index (χ3v) is 6.60. The molecule has 0 radical (unpaired) electrons. The van der Waals surface area contributed by atoms with Crippen LogP contribution in [0.5, 0.6) is 0 Å². The average Bonchev–Trinajstić information content (AvgIpc) is 3.50. The Bertz CT molecular complexity index is 1000. The van der Waals surface area contributed by atoms with Crippen LogP contribution >= 0.6 is 0 Å². The molecule has 1 aromatic heterocycles. The summed E-state index contributed by atoms with van der Waals surface area (Å²) >= 11 is 0. The van der Waals surface area contributed by atoms with Crippen molar-refractivity contribution in [1.29, 1.82) is 0 Å². The highest BCUT2D eigenvalue weighted by Gasteiger charge is 2.65. The van der Waals surface area contributed by atoms with Crippen molar-refractivity contribution < 1.29 is 28.6 Å². The van der Waals surface area contributed by atoms with E-state index in [4.69, 9.17) is 14.9 Å². The monoisotopic (exact) mass is 457 g/mol. The summed E-state index contributed by atoms with van der Waals surface area (Å²) in [4.78, 5) is 41.2. The highest BCUT2D eigenvalue weighted by atomic mass is 16.6. The Hall–Kier alpha value is -3.47. The molecule has 3 heterocycles. The third-order valence-electron chi connectivity index (χ3n) is 6.60. The summed E-state index contributed by atoms with van der Waals surface area (Å²) in [6.45, 7) is 2.30. The van der Waals surface area contributed by atoms with Crippen molar-refractivity contribution in [3.05, 3.63) is 48.2 Å². The van der Waals surface area contributed by atoms with Gasteiger partial charge in [0.05, 0.1) is 12.6 Å². The SMILES string of the molecule is CC1N(Cc2nnco2)C(=O)C12CCCN2C(=O)[C@@H](OC(N)=O)[C@H](O)CCc1ccccc1. The molecular formula is C22H27N5O6. The standard InChI is InChI=1S/C22H27N5O6/c1-14-22(20(30)26(14)12-17-25-24-13-32-17)10-5-11-27(22)19(29)18(33-21(23)31)16(28)9-8-15-6-3-2-4-7-15/h2-4,6-7,13-14,16,18,28H,5,8-12H2,1H3,(H2,23,31)/t14?,16-,18+,22?/m1/s1. The Kier molecular flexibility index (Phi) is 6.32. The van der Waals surface area contributed by atoms with Crippen molar-refractivity contribution in [3.8, 4) is 0 Å². The predicted molar refractivity (Wildman–Crippen MR) is 113 cm³/mol. The first-order chi connectivity index (χ1) is 15.8. The number of nitrogens with zero attached hydrogens (tertiary/aromatic N) is 4. The Labute approximate surface area is 190 Å². The number of amides is 3. The minimum Gasteiger partial charge on any atom is -0.433 e. The topological polar surface area (TPSA) is 152 Å². The second-order valence-corrected chi connectivity index (χ2v) is 8.41. The van der Waals surface area contributed by atoms with Crippen LogP contribution in [0.1, 0.15) is 37.6 Å². The Balaban J connectivity index is 1.49. The molecule has 2 unspecified atom stereocenters. The molecule has 2 fully saturated rings. The Morgan fingerprint density at radius 2 is 2.12 bits per heavy atom. The number of aromatic nitrogens is 2. The molecule has 4 atom stereocenters. The van der Waals surface area contributed by atoms with Gasteiger partial charge in [0.15, 0.2) is 0 Å². The molecule has 2 saturated heterocycles. The van der Waals surface area contributed by atoms with E-state index in [2.05, 4.69) is 10.2 Å². The highest BCUT2D eigenvalue weighted by Crippen LogP contribution is 2.45. The number of hydrogen-bond donors (Lipinski definition) is 2. The molecule has 176 valence electrons. The molecular weight excluding hydrogens is 430 g/mol. The maximum atomic E-state index is 13.5. The fraction of sp³-hybridized carbons (Fsp3) is 0.500. The van der Waals surface area contributed by atoms with E-state index >= 15 is 0 Å². The molecule has 0 aliphatic carbocycles. The lowest BCUT2D eigenvalue weighted by Crippen LogP contribution is -2.78. The van der Waals surface area contributed by atoms with Crippen LogP contribution in [0, 0.1) is 0 Å². The molecule has 1 aromatic carbocycles. The van der Waals surface area contributed by atoms with Crippen molar-refractivity contribution in [2.45, 2.75) is 62.9 Å². The van der Waals surface area contributed by atoms with Gasteiger partial charge in [0, 0.05) is 6.54 Å². The summed E-state index contributed by atoms with van der Waals surface area (Å²) in [6, 6.07) is 9.12. The molecule has 2 aromatic rings. The van der Waals surface area contributed by atoms with Crippen molar-refractivity contribution in [1.82, 2.24) is 20.0 Å². The smallest absolute Gasteiger partial charge is 0.405 e. The van der Waals surface area contributed by atoms with Crippen LogP contribution in [0.2, 0.25) is 0 Å². The quantitative estimate of drug-likeness (QED) is 0.547. The number of hydrogen-bond acceptors (Lipinski definition) is 8. The molecule has 2 aliphatic rings. The fourth-order valence-electron chi connectivity index (χ4n) is 4.90. The van der Waals surface area contributed by atoms with Crippen LogP contribution in [-0.2, 0) is 27.3 Å². The van der Waals surface area contributed by atoms with Crippen molar-refractivity contribution in [2.75, 3.05) is 6.54 Å². The molecule has 0 bridgehead atoms. The van der Waals surface area contributed by atoms with Gasteiger partial charge in [-0.15, -0.1) is 10.2 Å². The number of ether oxygens (including phenoxy) is 1. The second kappa shape index (κ2) is 9.18. The lowest BCUT2D eigenvalue weighted by molar-refractivity contribution is -0.183. The number of carbonyl (C=O) groups excluding carboxylic acids is 3. The zero-order chi connectivity index (χ0) is 23.6. The van der Waals surface area contributed by atoms with Crippen LogP contribution in [0.4, 0.5) is 4.79 Å². The normalized spacial score (nSPS) is 23.9. The van der Waals surface area contributed by atoms with E-state index in [-0.39, 0.29) is 24.9 Å². The van der Waals surface area contributed by atoms with E-state index in [1.54, 1.807) is 4.90 Å². The van der Waals surface area contributed by atoms with Gasteiger partial charge in [-0.1, -0.05) is 30.3 Å². The second-order valence-electron chi connectivity index (χ2n) is 8.41. The first kappa shape index (κ1) is 22.7. The number of aryl methyl sites for hydroxylation is 1. The summed E-state index contributed by atoms with van der Waals surface area (Å²) in [7, 11) is 0. The van der Waals surface area contributed by atoms with Gasteiger partial charge in [-0.05, 0) is 38.2 Å². The van der Waals surface area contributed by atoms with Crippen LogP contribution in [0.25, 0.3) is 0 Å². The number of primary amides is 1. The number of nitrogens with two attached hydrogens (primary N) is 1. The van der Waals surface area contributed by atoms with E-state index in [0.717, 1.165) is 5.56 Å². The van der Waals surface area contributed by atoms with Crippen LogP contribution in [0.3, 0.4) is 0 Å². The molecule has 11 heteroatoms. The number of likely N-dealkylation sites (tertiary alicyclic amines) is 2. The average molecular weight is 457 g/mol. The molecule has 11 nitrogen and oxygen atoms in total. The number of aliphatic hydroxyl groups excluding tert-OH is 1. The number of β-lactam (4-membered cyclic amide) rings is 1. The van der Waals surface area contributed by atoms with Gasteiger partial charge in [0.1, 0.15) is 11.6 Å². The first-order valence-electron chi connectivity index (χ1n) is 10.9. The molecule has 33 heavy (non-hydrogen) atoms. The Morgan fingerprint density at radius 1 is 1.36 bits per heavy atom. The number of rotatable bonds is 8. The maximum Gasteiger partial charge on any atom is 0.405 e. The third kappa shape index (κ3) is 4.15. The largest absolute Gasteiger partial charge is 0.433 e. The summed E-state index contributed by atoms with van der Waals surface area (Å²) in [5.41, 5.74) is 5.11. The Morgan fingerprint density at radius 3 is 2.76 bits per heavy atom. The van der Waals surface area contributed by atoms with Gasteiger partial charge in [0.2, 0.25) is 18.4 Å². The first-order valence-corrected chi connectivity index (χ1v) is 10.9. The van der Waals surface area contributed by atoms with Gasteiger partial charge in [-0.3, -0.25) is 9.59 Å². The zero-order valence-corrected chi connectivity index (χ0v) is 18.3. The number of carbonyl (C=O) groups is 3. The van der Waals surface area contributed by atoms with Crippen molar-refractivity contribution in [3.63, 3.8) is 0 Å². The molecule has 3 amide bonds. The van der Waals surface area contributed by atoms with Crippen LogP contribution in [0.15, 0.2) is 41.1 Å². The highest BCUT2D eigenvalue weighted by molar-refractivity contribution is 5.99. The van der Waals surface area contributed by atoms with E-state index in [1.807, 2.05) is 37.3 Å². The molecule has 3 N–H and O–H groups in total. The van der Waals surface area contributed by atoms with Gasteiger partial charge in [-0.2, -0.15) is 0 Å². The summed E-state index contributed by atoms with van der Waals surface area (Å²) in [6.07, 6.45) is -0.996. The van der Waals surface area contributed by atoms with Gasteiger partial charge >= 0.3 is 6.09 Å². The minimum absolute atomic E-state index is 0.144. The van der Waals surface area contributed by atoms with E-state index < -0.39 is 29.7 Å². The van der Waals surface area contributed by atoms with E-state index in [1.165, 1.54) is 11.3 Å². The maximum absolute atomic E-state index is 13.5. The molecule has 0 saturated carbocycles. The van der Waals surface area contributed by atoms with Crippen molar-refractivity contribution in [2.24, 2.45) is 5.73 Å². The summed E-state index contributed by atoms with van der Waals surface area (Å²) in [5, 5.41) is 18.2. The van der Waals surface area contributed by atoms with E-state index in [9.17, 15) is 19.5 Å². The van der Waals surface area contributed by atoms with Gasteiger partial charge < -0.3 is 29.8 Å². The lowest BCUT2D eigenvalue weighted by atomic mass is 9.77. The van der Waals surface area contributed by atoms with Crippen LogP contribution < -0.4 is 5.73 Å². The van der Waals surface area contributed by atoms with Crippen LogP contribution in [-0.4, -0.2) is 73.3 Å².